The standard InChI is InChI=1S/C22H23N3O3S/c1-5-16-9-6-8-13(2)20(16)24-18(27)12-29-22-19(15(4)26)14(3)23-21(25-22)17-10-7-11-28-17/h6-11H,5,12H2,1-4H3,(H,24,27). The molecule has 0 radical (unpaired) electrons. The number of furan rings is 1. The number of nitrogens with zero attached hydrogens (tertiary/aromatic N) is 2. The molecular weight excluding hydrogens is 386 g/mol. The van der Waals surface area contributed by atoms with Gasteiger partial charge in [0.05, 0.1) is 23.3 Å². The molecule has 0 spiro atoms. The number of aryl methyl sites for hydroxylation is 3. The van der Waals surface area contributed by atoms with Crippen molar-refractivity contribution in [2.75, 3.05) is 11.1 Å². The number of nitrogens with one attached hydrogen (secondary N) is 1. The van der Waals surface area contributed by atoms with Crippen LogP contribution in [0.15, 0.2) is 46.0 Å². The molecule has 6 nitrogen and oxygen atoms in total. The molecule has 2 heterocycles. The van der Waals surface area contributed by atoms with Crippen LogP contribution in [0.4, 0.5) is 5.69 Å². The zero-order chi connectivity index (χ0) is 21.0. The monoisotopic (exact) mass is 409 g/mol. The number of thioether (sulfide) groups is 1. The fourth-order valence-corrected chi connectivity index (χ4v) is 4.01. The van der Waals surface area contributed by atoms with Gasteiger partial charge < -0.3 is 9.73 Å². The maximum Gasteiger partial charge on any atom is 0.234 e. The molecule has 3 rings (SSSR count). The summed E-state index contributed by atoms with van der Waals surface area (Å²) in [4.78, 5) is 33.6. The molecule has 3 aromatic rings. The van der Waals surface area contributed by atoms with Crippen LogP contribution in [0.2, 0.25) is 0 Å². The Morgan fingerprint density at radius 2 is 1.93 bits per heavy atom. The maximum atomic E-state index is 12.6. The Hall–Kier alpha value is -2.93. The molecule has 0 saturated heterocycles. The molecule has 0 unspecified atom stereocenters. The molecule has 0 aliphatic heterocycles. The predicted octanol–water partition coefficient (Wildman–Crippen LogP) is 4.85. The van der Waals surface area contributed by atoms with E-state index >= 15 is 0 Å². The fourth-order valence-electron chi connectivity index (χ4n) is 3.08. The number of para-hydroxylation sites is 1. The third-order valence-electron chi connectivity index (χ3n) is 4.49. The van der Waals surface area contributed by atoms with Crippen LogP contribution in [0.25, 0.3) is 11.6 Å². The first-order chi connectivity index (χ1) is 13.9. The molecule has 0 fully saturated rings. The van der Waals surface area contributed by atoms with Crippen molar-refractivity contribution in [3.8, 4) is 11.6 Å². The van der Waals surface area contributed by atoms with E-state index in [1.165, 1.54) is 18.7 Å². The Morgan fingerprint density at radius 3 is 2.59 bits per heavy atom. The molecule has 0 aliphatic carbocycles. The Kier molecular flexibility index (Phi) is 6.49. The number of ketones is 1. The van der Waals surface area contributed by atoms with Crippen molar-refractivity contribution in [2.45, 2.75) is 39.1 Å². The number of benzene rings is 1. The number of aromatic nitrogens is 2. The second kappa shape index (κ2) is 9.05. The molecule has 0 bridgehead atoms. The van der Waals surface area contributed by atoms with Gasteiger partial charge >= 0.3 is 0 Å². The van der Waals surface area contributed by atoms with Crippen LogP contribution in [0.3, 0.4) is 0 Å². The largest absolute Gasteiger partial charge is 0.461 e. The van der Waals surface area contributed by atoms with Crippen molar-refractivity contribution in [1.82, 2.24) is 9.97 Å². The summed E-state index contributed by atoms with van der Waals surface area (Å²) in [5.41, 5.74) is 3.95. The molecule has 0 saturated carbocycles. The zero-order valence-corrected chi connectivity index (χ0v) is 17.7. The minimum absolute atomic E-state index is 0.131. The summed E-state index contributed by atoms with van der Waals surface area (Å²) in [5, 5.41) is 3.48. The van der Waals surface area contributed by atoms with Gasteiger partial charge in [-0.05, 0) is 50.5 Å². The van der Waals surface area contributed by atoms with E-state index in [4.69, 9.17) is 4.42 Å². The second-order valence-corrected chi connectivity index (χ2v) is 7.61. The van der Waals surface area contributed by atoms with Gasteiger partial charge in [-0.2, -0.15) is 0 Å². The summed E-state index contributed by atoms with van der Waals surface area (Å²) < 4.78 is 5.37. The highest BCUT2D eigenvalue weighted by atomic mass is 32.2. The normalized spacial score (nSPS) is 10.8. The predicted molar refractivity (Wildman–Crippen MR) is 114 cm³/mol. The lowest BCUT2D eigenvalue weighted by atomic mass is 10.1. The third-order valence-corrected chi connectivity index (χ3v) is 5.47. The topological polar surface area (TPSA) is 85.1 Å². The number of carbonyl (C=O) groups is 2. The molecule has 7 heteroatoms. The molecule has 1 amide bonds. The summed E-state index contributed by atoms with van der Waals surface area (Å²) in [5.74, 6) is 0.758. The number of rotatable bonds is 7. The smallest absolute Gasteiger partial charge is 0.234 e. The molecule has 29 heavy (non-hydrogen) atoms. The summed E-state index contributed by atoms with van der Waals surface area (Å²) in [6, 6.07) is 9.47. The van der Waals surface area contributed by atoms with Crippen molar-refractivity contribution in [2.24, 2.45) is 0 Å². The van der Waals surface area contributed by atoms with Crippen LogP contribution in [0.5, 0.6) is 0 Å². The summed E-state index contributed by atoms with van der Waals surface area (Å²) in [7, 11) is 0. The number of anilines is 1. The Morgan fingerprint density at radius 1 is 1.14 bits per heavy atom. The van der Waals surface area contributed by atoms with Gasteiger partial charge in [-0.25, -0.2) is 9.97 Å². The van der Waals surface area contributed by atoms with Crippen LogP contribution in [0.1, 0.15) is 41.0 Å². The molecule has 0 aliphatic rings. The molecule has 0 atom stereocenters. The van der Waals surface area contributed by atoms with Crippen molar-refractivity contribution in [1.29, 1.82) is 0 Å². The first-order valence-corrected chi connectivity index (χ1v) is 10.3. The fraction of sp³-hybridized carbons (Fsp3) is 0.273. The number of Topliss-reactive ketones (excluding diaryl/α,β-unsaturated/α-hetero) is 1. The van der Waals surface area contributed by atoms with Gasteiger partial charge in [0.2, 0.25) is 5.91 Å². The van der Waals surface area contributed by atoms with E-state index < -0.39 is 0 Å². The highest BCUT2D eigenvalue weighted by Crippen LogP contribution is 2.28. The van der Waals surface area contributed by atoms with Crippen LogP contribution in [-0.4, -0.2) is 27.4 Å². The number of hydrogen-bond donors (Lipinski definition) is 1. The van der Waals surface area contributed by atoms with Crippen molar-refractivity contribution < 1.29 is 14.0 Å². The van der Waals surface area contributed by atoms with Gasteiger partial charge in [-0.3, -0.25) is 9.59 Å². The van der Waals surface area contributed by atoms with E-state index in [1.807, 2.05) is 25.1 Å². The van der Waals surface area contributed by atoms with Crippen molar-refractivity contribution in [3.05, 3.63) is 59.0 Å². The van der Waals surface area contributed by atoms with E-state index in [1.54, 1.807) is 25.3 Å². The summed E-state index contributed by atoms with van der Waals surface area (Å²) in [6.07, 6.45) is 2.37. The molecule has 1 aromatic carbocycles. The molecular formula is C22H23N3O3S. The third kappa shape index (κ3) is 4.74. The van der Waals surface area contributed by atoms with Crippen LogP contribution >= 0.6 is 11.8 Å². The van der Waals surface area contributed by atoms with E-state index in [-0.39, 0.29) is 17.4 Å². The Bertz CT molecular complexity index is 1050. The second-order valence-electron chi connectivity index (χ2n) is 6.65. The first kappa shape index (κ1) is 20.8. The summed E-state index contributed by atoms with van der Waals surface area (Å²) >= 11 is 1.22. The SMILES string of the molecule is CCc1cccc(C)c1NC(=O)CSc1nc(-c2ccco2)nc(C)c1C(C)=O. The summed E-state index contributed by atoms with van der Waals surface area (Å²) in [6.45, 7) is 7.26. The van der Waals surface area contributed by atoms with Crippen molar-refractivity contribution in [3.63, 3.8) is 0 Å². The van der Waals surface area contributed by atoms with Gasteiger partial charge in [-0.15, -0.1) is 0 Å². The van der Waals surface area contributed by atoms with Gasteiger partial charge in [0.1, 0.15) is 5.03 Å². The quantitative estimate of drug-likeness (QED) is 0.341. The van der Waals surface area contributed by atoms with Crippen molar-refractivity contribution >= 4 is 29.1 Å². The lowest BCUT2D eigenvalue weighted by molar-refractivity contribution is -0.113. The average Bonchev–Trinajstić information content (AvgIpc) is 3.22. The molecule has 1 N–H and O–H groups in total. The van der Waals surface area contributed by atoms with E-state index in [9.17, 15) is 9.59 Å². The Balaban J connectivity index is 1.83. The number of hydrogen-bond acceptors (Lipinski definition) is 6. The number of amides is 1. The minimum atomic E-state index is -0.149. The van der Waals surface area contributed by atoms with E-state index in [0.29, 0.717) is 27.9 Å². The highest BCUT2D eigenvalue weighted by Gasteiger charge is 2.19. The molecule has 150 valence electrons. The Labute approximate surface area is 174 Å². The van der Waals surface area contributed by atoms with E-state index in [2.05, 4.69) is 22.2 Å². The lowest BCUT2D eigenvalue weighted by Crippen LogP contribution is -2.17. The lowest BCUT2D eigenvalue weighted by Gasteiger charge is -2.13. The van der Waals surface area contributed by atoms with Crippen LogP contribution < -0.4 is 5.32 Å². The van der Waals surface area contributed by atoms with Gasteiger partial charge in [0.25, 0.3) is 0 Å². The number of carbonyl (C=O) groups excluding carboxylic acids is 2. The zero-order valence-electron chi connectivity index (χ0n) is 16.9. The van der Waals surface area contributed by atoms with Gasteiger partial charge in [-0.1, -0.05) is 36.9 Å². The van der Waals surface area contributed by atoms with Gasteiger partial charge in [0.15, 0.2) is 17.4 Å². The average molecular weight is 410 g/mol. The first-order valence-electron chi connectivity index (χ1n) is 9.35. The van der Waals surface area contributed by atoms with Crippen LogP contribution in [0, 0.1) is 13.8 Å². The minimum Gasteiger partial charge on any atom is -0.461 e. The highest BCUT2D eigenvalue weighted by molar-refractivity contribution is 8.00. The van der Waals surface area contributed by atoms with E-state index in [0.717, 1.165) is 23.2 Å². The molecule has 2 aromatic heterocycles. The van der Waals surface area contributed by atoms with Crippen LogP contribution in [-0.2, 0) is 11.2 Å². The maximum absolute atomic E-state index is 12.6. The van der Waals surface area contributed by atoms with Gasteiger partial charge in [0, 0.05) is 5.69 Å².